The predicted molar refractivity (Wildman–Crippen MR) is 80.4 cm³/mol. The second-order valence-corrected chi connectivity index (χ2v) is 5.10. The number of anilines is 1. The van der Waals surface area contributed by atoms with Gasteiger partial charge >= 0.3 is 6.18 Å². The summed E-state index contributed by atoms with van der Waals surface area (Å²) in [4.78, 5) is 4.26. The van der Waals surface area contributed by atoms with E-state index in [9.17, 15) is 13.2 Å². The van der Waals surface area contributed by atoms with Crippen molar-refractivity contribution >= 4 is 23.5 Å². The molecule has 1 aromatic heterocycles. The summed E-state index contributed by atoms with van der Waals surface area (Å²) in [6.07, 6.45) is 0.642. The van der Waals surface area contributed by atoms with Crippen molar-refractivity contribution in [3.63, 3.8) is 0 Å². The summed E-state index contributed by atoms with van der Waals surface area (Å²) in [5, 5.41) is 11.2. The third-order valence-corrected chi connectivity index (χ3v) is 3.27. The van der Waals surface area contributed by atoms with E-state index >= 15 is 0 Å². The maximum Gasteiger partial charge on any atom is 0.416 e. The van der Waals surface area contributed by atoms with Crippen LogP contribution in [0.3, 0.4) is 0 Å². The van der Waals surface area contributed by atoms with Crippen molar-refractivity contribution in [3.8, 4) is 0 Å². The Kier molecular flexibility index (Phi) is 5.02. The highest BCUT2D eigenvalue weighted by atomic mass is 32.2. The molecule has 0 bridgehead atoms. The maximum absolute atomic E-state index is 12.6. The largest absolute Gasteiger partial charge is 0.416 e. The zero-order valence-corrected chi connectivity index (χ0v) is 12.7. The molecule has 2 rings (SSSR count). The van der Waals surface area contributed by atoms with Gasteiger partial charge in [-0.25, -0.2) is 4.98 Å². The normalized spacial score (nSPS) is 11.9. The van der Waals surface area contributed by atoms with E-state index in [1.807, 2.05) is 6.26 Å². The van der Waals surface area contributed by atoms with Gasteiger partial charge < -0.3 is 5.32 Å². The molecule has 0 aliphatic heterocycles. The van der Waals surface area contributed by atoms with Gasteiger partial charge in [0.1, 0.15) is 0 Å². The molecule has 1 N–H and O–H groups in total. The first-order chi connectivity index (χ1) is 10.4. The van der Waals surface area contributed by atoms with Crippen LogP contribution < -0.4 is 5.32 Å². The lowest BCUT2D eigenvalue weighted by Gasteiger charge is -2.08. The van der Waals surface area contributed by atoms with Crippen molar-refractivity contribution in [3.05, 3.63) is 47.4 Å². The second-order valence-electron chi connectivity index (χ2n) is 4.33. The molecule has 0 aliphatic carbocycles. The van der Waals surface area contributed by atoms with Crippen molar-refractivity contribution < 1.29 is 13.2 Å². The summed E-state index contributed by atoms with van der Waals surface area (Å²) in [6, 6.07) is 4.97. The fourth-order valence-corrected chi connectivity index (χ4v) is 1.93. The highest BCUT2D eigenvalue weighted by molar-refractivity contribution is 7.98. The summed E-state index contributed by atoms with van der Waals surface area (Å²) in [7, 11) is 0. The number of nitrogens with zero attached hydrogens (tertiary/aromatic N) is 3. The summed E-state index contributed by atoms with van der Waals surface area (Å²) in [5.41, 5.74) is 0.894. The van der Waals surface area contributed by atoms with Crippen LogP contribution in [0.5, 0.6) is 0 Å². The van der Waals surface area contributed by atoms with E-state index in [1.54, 1.807) is 19.1 Å². The van der Waals surface area contributed by atoms with Crippen LogP contribution in [-0.2, 0) is 6.18 Å². The molecule has 8 heteroatoms. The van der Waals surface area contributed by atoms with Crippen molar-refractivity contribution in [1.82, 2.24) is 15.2 Å². The molecule has 0 unspecified atom stereocenters. The lowest BCUT2D eigenvalue weighted by atomic mass is 10.2. The Balaban J connectivity index is 2.13. The molecule has 0 amide bonds. The van der Waals surface area contributed by atoms with Crippen LogP contribution in [0.15, 0.2) is 35.6 Å². The van der Waals surface area contributed by atoms with Gasteiger partial charge in [-0.2, -0.15) is 18.3 Å². The third kappa shape index (κ3) is 4.20. The summed E-state index contributed by atoms with van der Waals surface area (Å²) < 4.78 is 37.9. The molecule has 4 nitrogen and oxygen atoms in total. The summed E-state index contributed by atoms with van der Waals surface area (Å²) >= 11 is 1.36. The fourth-order valence-electron chi connectivity index (χ4n) is 1.62. The van der Waals surface area contributed by atoms with Crippen molar-refractivity contribution in [2.45, 2.75) is 18.3 Å². The average Bonchev–Trinajstić information content (AvgIpc) is 2.48. The Hall–Kier alpha value is -2.09. The van der Waals surface area contributed by atoms with Gasteiger partial charge in [0, 0.05) is 11.9 Å². The van der Waals surface area contributed by atoms with Gasteiger partial charge in [0.25, 0.3) is 0 Å². The molecule has 0 fully saturated rings. The monoisotopic (exact) mass is 326 g/mol. The third-order valence-electron chi connectivity index (χ3n) is 2.74. The van der Waals surface area contributed by atoms with Crippen LogP contribution in [0, 0.1) is 6.92 Å². The molecular weight excluding hydrogens is 313 g/mol. The zero-order chi connectivity index (χ0) is 16.2. The van der Waals surface area contributed by atoms with Crippen molar-refractivity contribution in [2.24, 2.45) is 0 Å². The number of rotatable bonds is 4. The molecule has 1 heterocycles. The number of hydrogen-bond acceptors (Lipinski definition) is 5. The van der Waals surface area contributed by atoms with Crippen LogP contribution in [0.2, 0.25) is 0 Å². The standard InChI is InChI=1S/C14H13F3N4S/c1-9-12(19-13(22-2)21-20-9)6-7-18-11-5-3-4-10(8-11)14(15,16)17/h3-8,18H,1-2H3. The number of aryl methyl sites for hydroxylation is 1. The highest BCUT2D eigenvalue weighted by Gasteiger charge is 2.30. The molecule has 0 radical (unpaired) electrons. The summed E-state index contributed by atoms with van der Waals surface area (Å²) in [6.45, 7) is 1.76. The number of hydrogen-bond donors (Lipinski definition) is 1. The highest BCUT2D eigenvalue weighted by Crippen LogP contribution is 2.30. The molecule has 0 saturated carbocycles. The number of aromatic nitrogens is 3. The number of nitrogens with one attached hydrogen (secondary N) is 1. The van der Waals surface area contributed by atoms with Crippen LogP contribution in [0.1, 0.15) is 17.0 Å². The van der Waals surface area contributed by atoms with E-state index in [1.165, 1.54) is 24.0 Å². The van der Waals surface area contributed by atoms with Gasteiger partial charge in [0.2, 0.25) is 5.16 Å². The predicted octanol–water partition coefficient (Wildman–Crippen LogP) is 4.00. The lowest BCUT2D eigenvalue weighted by molar-refractivity contribution is -0.137. The van der Waals surface area contributed by atoms with Crippen LogP contribution >= 0.6 is 11.8 Å². The van der Waals surface area contributed by atoms with Crippen LogP contribution in [0.4, 0.5) is 18.9 Å². The van der Waals surface area contributed by atoms with E-state index in [2.05, 4.69) is 20.5 Å². The molecule has 0 spiro atoms. The average molecular weight is 326 g/mol. The van der Waals surface area contributed by atoms with E-state index in [4.69, 9.17) is 0 Å². The minimum atomic E-state index is -4.36. The minimum Gasteiger partial charge on any atom is -0.362 e. The first kappa shape index (κ1) is 16.3. The van der Waals surface area contributed by atoms with Crippen molar-refractivity contribution in [1.29, 1.82) is 0 Å². The van der Waals surface area contributed by atoms with Gasteiger partial charge in [0.05, 0.1) is 17.0 Å². The molecule has 22 heavy (non-hydrogen) atoms. The molecule has 0 atom stereocenters. The van der Waals surface area contributed by atoms with Gasteiger partial charge in [-0.1, -0.05) is 17.8 Å². The number of thioether (sulfide) groups is 1. The van der Waals surface area contributed by atoms with Crippen molar-refractivity contribution in [2.75, 3.05) is 11.6 Å². The van der Waals surface area contributed by atoms with Gasteiger partial charge in [-0.05, 0) is 37.5 Å². The Morgan fingerprint density at radius 1 is 1.23 bits per heavy atom. The molecule has 0 saturated heterocycles. The summed E-state index contributed by atoms with van der Waals surface area (Å²) in [5.74, 6) is 0. The molecular formula is C14H13F3N4S. The zero-order valence-electron chi connectivity index (χ0n) is 11.8. The number of benzene rings is 1. The fraction of sp³-hybridized carbons (Fsp3) is 0.214. The van der Waals surface area contributed by atoms with E-state index in [0.29, 0.717) is 22.2 Å². The quantitative estimate of drug-likeness (QED) is 0.861. The maximum atomic E-state index is 12.6. The van der Waals surface area contributed by atoms with E-state index in [0.717, 1.165) is 12.1 Å². The van der Waals surface area contributed by atoms with Gasteiger partial charge in [0.15, 0.2) is 0 Å². The minimum absolute atomic E-state index is 0.343. The Bertz CT molecular complexity index is 686. The van der Waals surface area contributed by atoms with E-state index in [-0.39, 0.29) is 0 Å². The first-order valence-electron chi connectivity index (χ1n) is 6.26. The molecule has 2 aromatic rings. The Morgan fingerprint density at radius 3 is 2.68 bits per heavy atom. The number of halogens is 3. The van der Waals surface area contributed by atoms with E-state index < -0.39 is 11.7 Å². The molecule has 1 aromatic carbocycles. The number of alkyl halides is 3. The second kappa shape index (κ2) is 6.78. The SMILES string of the molecule is CSc1nnc(C)c(C=CNc2cccc(C(F)(F)F)c2)n1. The molecule has 0 aliphatic rings. The molecule has 116 valence electrons. The van der Waals surface area contributed by atoms with Gasteiger partial charge in [-0.15, -0.1) is 5.10 Å². The van der Waals surface area contributed by atoms with Crippen LogP contribution in [0.25, 0.3) is 6.08 Å². The van der Waals surface area contributed by atoms with Crippen LogP contribution in [-0.4, -0.2) is 21.4 Å². The lowest BCUT2D eigenvalue weighted by Crippen LogP contribution is -2.05. The topological polar surface area (TPSA) is 50.7 Å². The Labute approximate surface area is 129 Å². The smallest absolute Gasteiger partial charge is 0.362 e. The Morgan fingerprint density at radius 2 is 2.00 bits per heavy atom. The van der Waals surface area contributed by atoms with Gasteiger partial charge in [-0.3, -0.25) is 0 Å². The first-order valence-corrected chi connectivity index (χ1v) is 7.48.